The molecule has 1 aromatic rings. The van der Waals surface area contributed by atoms with Crippen LogP contribution in [0.15, 0.2) is 12.3 Å². The fraction of sp³-hybridized carbons (Fsp3) is 0.615. The summed E-state index contributed by atoms with van der Waals surface area (Å²) in [6.07, 6.45) is -10.8. The molecule has 0 bridgehead atoms. The highest BCUT2D eigenvalue weighted by molar-refractivity contribution is 6.32. The quantitative estimate of drug-likeness (QED) is 0.763. The number of aromatic amines is 1. The number of halogens is 7. The molecular formula is C13H16ClF6N3O+2. The second-order valence-corrected chi connectivity index (χ2v) is 5.99. The summed E-state index contributed by atoms with van der Waals surface area (Å²) in [6, 6.07) is 0.806. The molecule has 2 rings (SSSR count). The zero-order valence-corrected chi connectivity index (χ0v) is 13.1. The molecule has 136 valence electrons. The predicted octanol–water partition coefficient (Wildman–Crippen LogP) is 0.801. The molecule has 1 aromatic heterocycles. The van der Waals surface area contributed by atoms with Crippen molar-refractivity contribution in [2.45, 2.75) is 18.5 Å². The first-order valence-corrected chi connectivity index (χ1v) is 7.48. The number of nitrogens with one attached hydrogen (secondary N) is 2. The highest BCUT2D eigenvalue weighted by Gasteiger charge is 2.42. The maximum atomic E-state index is 12.6. The third kappa shape index (κ3) is 4.64. The van der Waals surface area contributed by atoms with Gasteiger partial charge in [0.2, 0.25) is 0 Å². The van der Waals surface area contributed by atoms with E-state index in [1.165, 1.54) is 0 Å². The Balaban J connectivity index is 1.98. The fourth-order valence-corrected chi connectivity index (χ4v) is 2.80. The lowest BCUT2D eigenvalue weighted by molar-refractivity contribution is -0.905. The van der Waals surface area contributed by atoms with Crippen LogP contribution in [0.4, 0.5) is 32.2 Å². The van der Waals surface area contributed by atoms with Gasteiger partial charge in [-0.05, 0) is 6.07 Å². The summed E-state index contributed by atoms with van der Waals surface area (Å²) in [5.41, 5.74) is -0.909. The minimum atomic E-state index is -4.66. The molecule has 1 atom stereocenters. The molecule has 3 N–H and O–H groups in total. The van der Waals surface area contributed by atoms with Gasteiger partial charge < -0.3 is 10.0 Å². The van der Waals surface area contributed by atoms with Gasteiger partial charge in [0.1, 0.15) is 43.9 Å². The molecule has 0 radical (unpaired) electrons. The van der Waals surface area contributed by atoms with E-state index < -0.39 is 30.6 Å². The first-order chi connectivity index (χ1) is 11.0. The van der Waals surface area contributed by atoms with Gasteiger partial charge in [0, 0.05) is 0 Å². The van der Waals surface area contributed by atoms with Gasteiger partial charge in [0.25, 0.3) is 5.82 Å². The van der Waals surface area contributed by atoms with Crippen LogP contribution in [0.25, 0.3) is 0 Å². The monoisotopic (exact) mass is 379 g/mol. The maximum Gasteiger partial charge on any atom is 0.419 e. The molecule has 0 amide bonds. The van der Waals surface area contributed by atoms with E-state index in [2.05, 4.69) is 4.98 Å². The number of pyridine rings is 1. The van der Waals surface area contributed by atoms with Gasteiger partial charge in [-0.25, -0.2) is 9.88 Å². The van der Waals surface area contributed by atoms with Crippen molar-refractivity contribution in [2.75, 3.05) is 37.6 Å². The summed E-state index contributed by atoms with van der Waals surface area (Å²) in [4.78, 5) is 4.74. The Bertz CT molecular complexity index is 572. The minimum absolute atomic E-state index is 0.108. The Hall–Kier alpha value is -1.26. The van der Waals surface area contributed by atoms with E-state index in [4.69, 9.17) is 16.7 Å². The number of aliphatic hydroxyl groups excluding tert-OH is 1. The second kappa shape index (κ2) is 6.93. The van der Waals surface area contributed by atoms with E-state index in [1.807, 2.05) is 0 Å². The second-order valence-electron chi connectivity index (χ2n) is 5.58. The van der Waals surface area contributed by atoms with E-state index in [0.29, 0.717) is 36.9 Å². The van der Waals surface area contributed by atoms with Crippen molar-refractivity contribution in [3.63, 3.8) is 0 Å². The molecule has 1 saturated heterocycles. The summed E-state index contributed by atoms with van der Waals surface area (Å²) >= 11 is 5.88. The Morgan fingerprint density at radius 1 is 1.21 bits per heavy atom. The highest BCUT2D eigenvalue weighted by Crippen LogP contribution is 2.32. The van der Waals surface area contributed by atoms with Crippen molar-refractivity contribution in [1.29, 1.82) is 0 Å². The Morgan fingerprint density at radius 3 is 2.25 bits per heavy atom. The molecule has 1 fully saturated rings. The van der Waals surface area contributed by atoms with E-state index in [9.17, 15) is 26.3 Å². The number of aliphatic hydroxyl groups is 1. The van der Waals surface area contributed by atoms with Crippen LogP contribution in [0.1, 0.15) is 5.56 Å². The minimum Gasteiger partial charge on any atom is -0.379 e. The SMILES string of the molecule is O[C@H](C[NH+]1CCN(c2[nH+]cc(C(F)(F)F)cc2Cl)CC1)C(F)(F)F. The van der Waals surface area contributed by atoms with Crippen molar-refractivity contribution in [2.24, 2.45) is 0 Å². The van der Waals surface area contributed by atoms with Crippen molar-refractivity contribution < 1.29 is 41.3 Å². The molecule has 1 aliphatic heterocycles. The van der Waals surface area contributed by atoms with E-state index in [-0.39, 0.29) is 5.02 Å². The lowest BCUT2D eigenvalue weighted by Gasteiger charge is -2.30. The molecule has 1 aliphatic rings. The molecule has 0 aliphatic carbocycles. The van der Waals surface area contributed by atoms with Crippen molar-refractivity contribution >= 4 is 17.4 Å². The highest BCUT2D eigenvalue weighted by atomic mass is 35.5. The zero-order valence-electron chi connectivity index (χ0n) is 12.3. The van der Waals surface area contributed by atoms with E-state index in [1.54, 1.807) is 4.90 Å². The first-order valence-electron chi connectivity index (χ1n) is 7.10. The van der Waals surface area contributed by atoms with E-state index >= 15 is 0 Å². The van der Waals surface area contributed by atoms with Gasteiger partial charge in [-0.15, -0.1) is 0 Å². The molecule has 0 spiro atoms. The first kappa shape index (κ1) is 19.1. The van der Waals surface area contributed by atoms with Crippen LogP contribution in [-0.4, -0.2) is 50.1 Å². The topological polar surface area (TPSA) is 42.1 Å². The molecule has 4 nitrogen and oxygen atoms in total. The van der Waals surface area contributed by atoms with Crippen molar-refractivity contribution in [3.05, 3.63) is 22.8 Å². The smallest absolute Gasteiger partial charge is 0.379 e. The number of alkyl halides is 6. The number of quaternary nitrogens is 1. The number of rotatable bonds is 3. The third-order valence-electron chi connectivity index (χ3n) is 3.85. The summed E-state index contributed by atoms with van der Waals surface area (Å²) in [5.74, 6) is 0.292. The normalized spacial score (nSPS) is 18.8. The van der Waals surface area contributed by atoms with Crippen LogP contribution >= 0.6 is 11.6 Å². The maximum absolute atomic E-state index is 12.6. The van der Waals surface area contributed by atoms with Crippen LogP contribution in [0.5, 0.6) is 0 Å². The molecule has 2 heterocycles. The Kier molecular flexibility index (Phi) is 5.50. The van der Waals surface area contributed by atoms with E-state index in [0.717, 1.165) is 12.3 Å². The van der Waals surface area contributed by atoms with Gasteiger partial charge in [-0.2, -0.15) is 26.3 Å². The summed E-state index contributed by atoms with van der Waals surface area (Å²) < 4.78 is 74.8. The molecule has 11 heteroatoms. The number of nitrogens with zero attached hydrogens (tertiary/aromatic N) is 1. The molecule has 0 aromatic carbocycles. The Labute approximate surface area is 138 Å². The third-order valence-corrected chi connectivity index (χ3v) is 4.13. The van der Waals surface area contributed by atoms with Crippen molar-refractivity contribution in [1.82, 2.24) is 0 Å². The summed E-state index contributed by atoms with van der Waals surface area (Å²) in [5, 5.41) is 8.97. The van der Waals surface area contributed by atoms with Crippen LogP contribution in [0, 0.1) is 0 Å². The molecule has 0 unspecified atom stereocenters. The van der Waals surface area contributed by atoms with Gasteiger partial charge >= 0.3 is 12.4 Å². The molecular weight excluding hydrogens is 364 g/mol. The van der Waals surface area contributed by atoms with Crippen LogP contribution < -0.4 is 14.8 Å². The lowest BCUT2D eigenvalue weighted by Crippen LogP contribution is -3.16. The average Bonchev–Trinajstić information content (AvgIpc) is 2.46. The number of anilines is 1. The molecule has 0 saturated carbocycles. The fourth-order valence-electron chi connectivity index (χ4n) is 2.51. The zero-order chi connectivity index (χ0) is 18.1. The summed E-state index contributed by atoms with van der Waals surface area (Å²) in [6.45, 7) is 0.765. The standard InChI is InChI=1S/C13H14ClF6N3O/c14-9-5-8(12(15,16)17)6-21-11(9)23-3-1-22(2-4-23)7-10(24)13(18,19)20/h5-6,10,24H,1-4,7H2/p+2/t10-/m1/s1. The number of hydrogen-bond donors (Lipinski definition) is 2. The van der Waals surface area contributed by atoms with Gasteiger partial charge in [-0.1, -0.05) is 11.6 Å². The van der Waals surface area contributed by atoms with Crippen molar-refractivity contribution in [3.8, 4) is 0 Å². The number of hydrogen-bond acceptors (Lipinski definition) is 2. The largest absolute Gasteiger partial charge is 0.419 e. The molecule has 24 heavy (non-hydrogen) atoms. The summed E-state index contributed by atoms with van der Waals surface area (Å²) in [7, 11) is 0. The van der Waals surface area contributed by atoms with Gasteiger partial charge in [0.05, 0.1) is 5.56 Å². The van der Waals surface area contributed by atoms with Gasteiger partial charge in [0.15, 0.2) is 6.10 Å². The van der Waals surface area contributed by atoms with Gasteiger partial charge in [-0.3, -0.25) is 0 Å². The number of H-pyrrole nitrogens is 1. The predicted molar refractivity (Wildman–Crippen MR) is 72.8 cm³/mol. The average molecular weight is 380 g/mol. The van der Waals surface area contributed by atoms with Crippen LogP contribution in [-0.2, 0) is 6.18 Å². The lowest BCUT2D eigenvalue weighted by atomic mass is 10.2. The van der Waals surface area contributed by atoms with Crippen LogP contribution in [0.3, 0.4) is 0 Å². The Morgan fingerprint density at radius 2 is 1.79 bits per heavy atom. The number of aromatic nitrogens is 1. The van der Waals surface area contributed by atoms with Crippen LogP contribution in [0.2, 0.25) is 5.02 Å². The number of piperazine rings is 1.